The van der Waals surface area contributed by atoms with Crippen LogP contribution in [0.4, 0.5) is 0 Å². The second kappa shape index (κ2) is 5.86. The van der Waals surface area contributed by atoms with Crippen molar-refractivity contribution in [1.29, 1.82) is 0 Å². The van der Waals surface area contributed by atoms with Gasteiger partial charge in [0.2, 0.25) is 0 Å². The molecule has 0 spiro atoms. The molecular formula is C25H32O3. The number of benzene rings is 1. The zero-order valence-electron chi connectivity index (χ0n) is 18.0. The van der Waals surface area contributed by atoms with E-state index in [1.54, 1.807) is 7.11 Å². The summed E-state index contributed by atoms with van der Waals surface area (Å²) in [7, 11) is 1.69. The summed E-state index contributed by atoms with van der Waals surface area (Å²) in [5, 5.41) is 9.15. The van der Waals surface area contributed by atoms with Crippen LogP contribution < -0.4 is 0 Å². The Bertz CT molecular complexity index is 914. The first-order valence-electron chi connectivity index (χ1n) is 10.5. The first-order valence-corrected chi connectivity index (χ1v) is 10.5. The van der Waals surface area contributed by atoms with Crippen LogP contribution >= 0.6 is 0 Å². The number of aryl methyl sites for hydroxylation is 1. The van der Waals surface area contributed by atoms with Crippen molar-refractivity contribution in [3.05, 3.63) is 34.4 Å². The van der Waals surface area contributed by atoms with Crippen molar-refractivity contribution in [2.24, 2.45) is 5.92 Å². The van der Waals surface area contributed by atoms with Gasteiger partial charge in [0.05, 0.1) is 0 Å². The van der Waals surface area contributed by atoms with Gasteiger partial charge in [-0.1, -0.05) is 45.7 Å². The average Bonchev–Trinajstić information content (AvgIpc) is 3.27. The molecule has 28 heavy (non-hydrogen) atoms. The number of hydrogen-bond donors (Lipinski definition) is 1. The fraction of sp³-hybridized carbons (Fsp3) is 0.640. The van der Waals surface area contributed by atoms with Crippen molar-refractivity contribution in [3.63, 3.8) is 0 Å². The molecule has 0 bridgehead atoms. The van der Waals surface area contributed by atoms with Crippen molar-refractivity contribution in [3.8, 4) is 11.8 Å². The second-order valence-corrected chi connectivity index (χ2v) is 10.5. The van der Waals surface area contributed by atoms with Crippen molar-refractivity contribution in [1.82, 2.24) is 0 Å². The number of carboxylic acid groups (broad SMARTS) is 1. The van der Waals surface area contributed by atoms with Gasteiger partial charge in [-0.2, -0.15) is 0 Å². The lowest BCUT2D eigenvalue weighted by Crippen LogP contribution is -2.42. The maximum atomic E-state index is 11.2. The Balaban J connectivity index is 1.91. The lowest BCUT2D eigenvalue weighted by Gasteiger charge is -2.43. The van der Waals surface area contributed by atoms with Crippen LogP contribution in [0.3, 0.4) is 0 Å². The van der Waals surface area contributed by atoms with E-state index >= 15 is 0 Å². The van der Waals surface area contributed by atoms with Crippen LogP contribution in [0.1, 0.15) is 82.1 Å². The Hall–Kier alpha value is -1.79. The van der Waals surface area contributed by atoms with Crippen LogP contribution in [0.15, 0.2) is 12.1 Å². The van der Waals surface area contributed by atoms with E-state index in [0.29, 0.717) is 5.92 Å². The number of carbonyl (C=O) groups is 1. The number of rotatable bonds is 2. The zero-order chi connectivity index (χ0) is 20.5. The van der Waals surface area contributed by atoms with Gasteiger partial charge in [-0.15, -0.1) is 0 Å². The number of carboxylic acids is 1. The summed E-state index contributed by atoms with van der Waals surface area (Å²) in [5.74, 6) is 4.88. The van der Waals surface area contributed by atoms with E-state index in [1.807, 2.05) is 0 Å². The first kappa shape index (κ1) is 19.5. The summed E-state index contributed by atoms with van der Waals surface area (Å²) >= 11 is 0. The molecule has 1 N–H and O–H groups in total. The highest BCUT2D eigenvalue weighted by molar-refractivity contribution is 5.87. The molecule has 3 nitrogen and oxygen atoms in total. The third kappa shape index (κ3) is 2.50. The molecule has 0 amide bonds. The third-order valence-electron chi connectivity index (χ3n) is 8.07. The second-order valence-electron chi connectivity index (χ2n) is 10.5. The Morgan fingerprint density at radius 1 is 1.07 bits per heavy atom. The molecule has 1 aromatic rings. The summed E-state index contributed by atoms with van der Waals surface area (Å²) in [4.78, 5) is 11.2. The van der Waals surface area contributed by atoms with Gasteiger partial charge in [0, 0.05) is 18.4 Å². The van der Waals surface area contributed by atoms with Gasteiger partial charge in [-0.25, -0.2) is 4.79 Å². The van der Waals surface area contributed by atoms with Crippen LogP contribution in [-0.4, -0.2) is 23.8 Å². The molecule has 150 valence electrons. The van der Waals surface area contributed by atoms with Crippen LogP contribution in [-0.2, 0) is 25.8 Å². The normalized spacial score (nSPS) is 34.0. The van der Waals surface area contributed by atoms with Gasteiger partial charge in [-0.05, 0) is 78.0 Å². The minimum atomic E-state index is -1.08. The van der Waals surface area contributed by atoms with Gasteiger partial charge < -0.3 is 9.84 Å². The highest BCUT2D eigenvalue weighted by Crippen LogP contribution is 2.70. The van der Waals surface area contributed by atoms with Gasteiger partial charge in [0.25, 0.3) is 0 Å². The summed E-state index contributed by atoms with van der Waals surface area (Å²) in [5.41, 5.74) is 5.03. The summed E-state index contributed by atoms with van der Waals surface area (Å²) < 4.78 is 6.02. The van der Waals surface area contributed by atoms with E-state index in [0.717, 1.165) is 19.3 Å². The predicted molar refractivity (Wildman–Crippen MR) is 111 cm³/mol. The van der Waals surface area contributed by atoms with E-state index in [4.69, 9.17) is 9.84 Å². The molecule has 3 aliphatic rings. The smallest absolute Gasteiger partial charge is 0.382 e. The van der Waals surface area contributed by atoms with Gasteiger partial charge in [-0.3, -0.25) is 0 Å². The van der Waals surface area contributed by atoms with Crippen LogP contribution in [0.2, 0.25) is 0 Å². The highest BCUT2D eigenvalue weighted by atomic mass is 16.5. The Kier molecular flexibility index (Phi) is 4.09. The third-order valence-corrected chi connectivity index (χ3v) is 8.07. The molecule has 0 heterocycles. The minimum absolute atomic E-state index is 0.148. The van der Waals surface area contributed by atoms with Gasteiger partial charge >= 0.3 is 5.97 Å². The maximum Gasteiger partial charge on any atom is 0.382 e. The summed E-state index contributed by atoms with van der Waals surface area (Å²) in [6.45, 7) is 11.6. The Morgan fingerprint density at radius 3 is 2.21 bits per heavy atom. The van der Waals surface area contributed by atoms with E-state index in [9.17, 15) is 4.79 Å². The van der Waals surface area contributed by atoms with Gasteiger partial charge in [0.1, 0.15) is 5.60 Å². The lowest BCUT2D eigenvalue weighted by atomic mass is 9.61. The fourth-order valence-electron chi connectivity index (χ4n) is 6.19. The van der Waals surface area contributed by atoms with Crippen LogP contribution in [0.5, 0.6) is 0 Å². The van der Waals surface area contributed by atoms with Crippen molar-refractivity contribution >= 4 is 5.97 Å². The summed E-state index contributed by atoms with van der Waals surface area (Å²) in [6, 6.07) is 4.84. The number of aliphatic carboxylic acids is 1. The molecule has 3 heteroatoms. The number of hydrogen-bond acceptors (Lipinski definition) is 2. The first-order chi connectivity index (χ1) is 13.0. The SMILES string of the molecule is COC1(C#CC(=O)O)CCC2CC21c1cc2c(cc1C)C(C)(C)CCC2(C)C. The Morgan fingerprint density at radius 2 is 1.68 bits per heavy atom. The molecule has 0 aromatic heterocycles. The molecule has 2 fully saturated rings. The molecule has 1 aromatic carbocycles. The number of fused-ring (bicyclic) bond motifs is 2. The van der Waals surface area contributed by atoms with Crippen LogP contribution in [0, 0.1) is 24.7 Å². The average molecular weight is 381 g/mol. The molecule has 3 unspecified atom stereocenters. The molecular weight excluding hydrogens is 348 g/mol. The molecule has 3 atom stereocenters. The van der Waals surface area contributed by atoms with Gasteiger partial charge in [0.15, 0.2) is 0 Å². The maximum absolute atomic E-state index is 11.2. The molecule has 0 aliphatic heterocycles. The summed E-state index contributed by atoms with van der Waals surface area (Å²) in [6.07, 6.45) is 5.28. The molecule has 0 radical (unpaired) electrons. The highest BCUT2D eigenvalue weighted by Gasteiger charge is 2.72. The standard InChI is InChI=1S/C25H32O3/c1-16-13-19-20(23(4,5)12-11-22(19,2)3)14-18(16)25-15-17(25)7-9-24(25,28-6)10-8-21(26)27/h13-14,17H,7,9,11-12,15H2,1-6H3,(H,26,27). The largest absolute Gasteiger partial charge is 0.472 e. The van der Waals surface area contributed by atoms with Crippen LogP contribution in [0.25, 0.3) is 0 Å². The van der Waals surface area contributed by atoms with E-state index in [1.165, 1.54) is 35.1 Å². The predicted octanol–water partition coefficient (Wildman–Crippen LogP) is 4.87. The van der Waals surface area contributed by atoms with E-state index < -0.39 is 11.6 Å². The molecule has 4 rings (SSSR count). The minimum Gasteiger partial charge on any atom is -0.472 e. The van der Waals surface area contributed by atoms with Crippen molar-refractivity contribution in [2.75, 3.05) is 7.11 Å². The quantitative estimate of drug-likeness (QED) is 0.745. The monoisotopic (exact) mass is 380 g/mol. The molecule has 3 aliphatic carbocycles. The molecule has 0 saturated heterocycles. The molecule has 2 saturated carbocycles. The zero-order valence-corrected chi connectivity index (χ0v) is 18.0. The van der Waals surface area contributed by atoms with Crippen molar-refractivity contribution in [2.45, 2.75) is 88.6 Å². The Labute approximate surface area is 168 Å². The topological polar surface area (TPSA) is 46.5 Å². The number of methoxy groups -OCH3 is 1. The number of ether oxygens (including phenoxy) is 1. The van der Waals surface area contributed by atoms with E-state index in [-0.39, 0.29) is 16.2 Å². The fourth-order valence-corrected chi connectivity index (χ4v) is 6.19. The van der Waals surface area contributed by atoms with Crippen molar-refractivity contribution < 1.29 is 14.6 Å². The van der Waals surface area contributed by atoms with E-state index in [2.05, 4.69) is 58.6 Å². The lowest BCUT2D eigenvalue weighted by molar-refractivity contribution is -0.130.